The minimum atomic E-state index is -1.04. The molecule has 0 saturated carbocycles. The van der Waals surface area contributed by atoms with Crippen LogP contribution in [0.15, 0.2) is 18.2 Å². The Bertz CT molecular complexity index is 485. The molecule has 1 aliphatic heterocycles. The molecule has 1 heterocycles. The molecular weight excluding hydrogens is 238 g/mol. The molecule has 6 heteroatoms. The fourth-order valence-corrected chi connectivity index (χ4v) is 1.87. The maximum Gasteiger partial charge on any atom is 0.339 e. The smallest absolute Gasteiger partial charge is 0.339 e. The van der Waals surface area contributed by atoms with Gasteiger partial charge in [0.2, 0.25) is 0 Å². The van der Waals surface area contributed by atoms with E-state index >= 15 is 0 Å². The lowest BCUT2D eigenvalue weighted by Gasteiger charge is -2.28. The molecule has 2 rings (SSSR count). The van der Waals surface area contributed by atoms with E-state index in [0.29, 0.717) is 17.9 Å². The Morgan fingerprint density at radius 1 is 1.39 bits per heavy atom. The van der Waals surface area contributed by atoms with Crippen LogP contribution in [0, 0.1) is 0 Å². The van der Waals surface area contributed by atoms with E-state index in [1.165, 1.54) is 6.07 Å². The molecule has 0 bridgehead atoms. The number of benzene rings is 1. The van der Waals surface area contributed by atoms with Gasteiger partial charge < -0.3 is 20.3 Å². The lowest BCUT2D eigenvalue weighted by Crippen LogP contribution is -2.32. The number of aromatic carboxylic acids is 1. The molecule has 1 aromatic rings. The zero-order chi connectivity index (χ0) is 13.1. The Morgan fingerprint density at radius 2 is 2.17 bits per heavy atom. The standard InChI is InChI=1S/C12H13NO5/c14-10(15)5-4-7-6-18-11-8(12(16)17)2-1-3-9(11)13-7/h1-3,7,13H,4-6H2,(H,14,15)(H,16,17). The van der Waals surface area contributed by atoms with E-state index in [2.05, 4.69) is 5.32 Å². The van der Waals surface area contributed by atoms with Gasteiger partial charge in [0.1, 0.15) is 12.2 Å². The lowest BCUT2D eigenvalue weighted by atomic mass is 10.1. The second kappa shape index (κ2) is 4.95. The Hall–Kier alpha value is -2.24. The Morgan fingerprint density at radius 3 is 2.83 bits per heavy atom. The van der Waals surface area contributed by atoms with Crippen LogP contribution in [0.3, 0.4) is 0 Å². The van der Waals surface area contributed by atoms with Gasteiger partial charge in [0.25, 0.3) is 0 Å². The van der Waals surface area contributed by atoms with Gasteiger partial charge in [0.15, 0.2) is 5.75 Å². The molecule has 3 N–H and O–H groups in total. The second-order valence-electron chi connectivity index (χ2n) is 4.07. The topological polar surface area (TPSA) is 95.9 Å². The summed E-state index contributed by atoms with van der Waals surface area (Å²) in [5.74, 6) is -1.59. The number of aliphatic carboxylic acids is 1. The summed E-state index contributed by atoms with van der Waals surface area (Å²) >= 11 is 0. The van der Waals surface area contributed by atoms with E-state index in [4.69, 9.17) is 14.9 Å². The summed E-state index contributed by atoms with van der Waals surface area (Å²) in [6, 6.07) is 4.70. The average Bonchev–Trinajstić information content (AvgIpc) is 2.35. The fraction of sp³-hybridized carbons (Fsp3) is 0.333. The number of carboxylic acid groups (broad SMARTS) is 2. The molecule has 1 unspecified atom stereocenters. The number of hydrogen-bond acceptors (Lipinski definition) is 4. The summed E-state index contributed by atoms with van der Waals surface area (Å²) in [6.45, 7) is 0.268. The van der Waals surface area contributed by atoms with Crippen molar-refractivity contribution < 1.29 is 24.5 Å². The highest BCUT2D eigenvalue weighted by Gasteiger charge is 2.23. The molecule has 96 valence electrons. The zero-order valence-corrected chi connectivity index (χ0v) is 9.55. The Kier molecular flexibility index (Phi) is 3.36. The molecule has 1 aromatic carbocycles. The van der Waals surface area contributed by atoms with Crippen LogP contribution in [0.2, 0.25) is 0 Å². The molecule has 6 nitrogen and oxygen atoms in total. The van der Waals surface area contributed by atoms with Crippen LogP contribution in [0.4, 0.5) is 5.69 Å². The number of fused-ring (bicyclic) bond motifs is 1. The lowest BCUT2D eigenvalue weighted by molar-refractivity contribution is -0.137. The highest BCUT2D eigenvalue weighted by molar-refractivity contribution is 5.93. The van der Waals surface area contributed by atoms with Crippen LogP contribution < -0.4 is 10.1 Å². The van der Waals surface area contributed by atoms with Gasteiger partial charge in [0.05, 0.1) is 11.7 Å². The molecule has 0 saturated heterocycles. The van der Waals surface area contributed by atoms with Crippen molar-refractivity contribution in [2.24, 2.45) is 0 Å². The van der Waals surface area contributed by atoms with E-state index in [1.807, 2.05) is 0 Å². The highest BCUT2D eigenvalue weighted by atomic mass is 16.5. The third-order valence-corrected chi connectivity index (χ3v) is 2.74. The summed E-state index contributed by atoms with van der Waals surface area (Å²) < 4.78 is 5.42. The number of hydrogen-bond donors (Lipinski definition) is 3. The second-order valence-corrected chi connectivity index (χ2v) is 4.07. The number of carboxylic acids is 2. The van der Waals surface area contributed by atoms with Crippen molar-refractivity contribution in [1.29, 1.82) is 0 Å². The SMILES string of the molecule is O=C(O)CCC1COc2c(cccc2C(=O)O)N1. The molecule has 0 aliphatic carbocycles. The van der Waals surface area contributed by atoms with Crippen molar-refractivity contribution in [2.45, 2.75) is 18.9 Å². The number of para-hydroxylation sites is 1. The van der Waals surface area contributed by atoms with E-state index < -0.39 is 11.9 Å². The summed E-state index contributed by atoms with van der Waals surface area (Å²) in [5, 5.41) is 20.7. The van der Waals surface area contributed by atoms with Crippen molar-refractivity contribution >= 4 is 17.6 Å². The van der Waals surface area contributed by atoms with Gasteiger partial charge in [-0.25, -0.2) is 4.79 Å². The van der Waals surface area contributed by atoms with Gasteiger partial charge in [0, 0.05) is 6.42 Å². The van der Waals surface area contributed by atoms with Gasteiger partial charge in [-0.1, -0.05) is 6.07 Å². The monoisotopic (exact) mass is 251 g/mol. The minimum Gasteiger partial charge on any atom is -0.488 e. The van der Waals surface area contributed by atoms with Crippen molar-refractivity contribution in [3.05, 3.63) is 23.8 Å². The van der Waals surface area contributed by atoms with Crippen molar-refractivity contribution in [3.8, 4) is 5.75 Å². The van der Waals surface area contributed by atoms with E-state index in [1.54, 1.807) is 12.1 Å². The third kappa shape index (κ3) is 2.53. The van der Waals surface area contributed by atoms with E-state index in [0.717, 1.165) is 0 Å². The molecule has 0 aromatic heterocycles. The first-order chi connectivity index (χ1) is 8.58. The van der Waals surface area contributed by atoms with Crippen LogP contribution in [0.1, 0.15) is 23.2 Å². The zero-order valence-electron chi connectivity index (χ0n) is 9.55. The molecule has 18 heavy (non-hydrogen) atoms. The van der Waals surface area contributed by atoms with Crippen LogP contribution >= 0.6 is 0 Å². The Labute approximate surface area is 103 Å². The molecule has 1 aliphatic rings. The molecule has 0 amide bonds. The first-order valence-electron chi connectivity index (χ1n) is 5.55. The van der Waals surface area contributed by atoms with Gasteiger partial charge in [-0.2, -0.15) is 0 Å². The summed E-state index contributed by atoms with van der Waals surface area (Å²) in [5.41, 5.74) is 0.702. The highest BCUT2D eigenvalue weighted by Crippen LogP contribution is 2.33. The largest absolute Gasteiger partial charge is 0.488 e. The molecule has 0 radical (unpaired) electrons. The summed E-state index contributed by atoms with van der Waals surface area (Å²) in [7, 11) is 0. The molecule has 0 spiro atoms. The van der Waals surface area contributed by atoms with Crippen LogP contribution in [-0.2, 0) is 4.79 Å². The van der Waals surface area contributed by atoms with Crippen molar-refractivity contribution in [1.82, 2.24) is 0 Å². The maximum absolute atomic E-state index is 11.0. The van der Waals surface area contributed by atoms with Gasteiger partial charge in [-0.05, 0) is 18.6 Å². The maximum atomic E-state index is 11.0. The predicted molar refractivity (Wildman–Crippen MR) is 63.2 cm³/mol. The molecule has 0 fully saturated rings. The normalized spacial score (nSPS) is 17.2. The van der Waals surface area contributed by atoms with E-state index in [-0.39, 0.29) is 24.6 Å². The molecule has 1 atom stereocenters. The molecular formula is C12H13NO5. The van der Waals surface area contributed by atoms with Crippen molar-refractivity contribution in [3.63, 3.8) is 0 Å². The van der Waals surface area contributed by atoms with Crippen LogP contribution in [-0.4, -0.2) is 34.8 Å². The average molecular weight is 251 g/mol. The van der Waals surface area contributed by atoms with E-state index in [9.17, 15) is 9.59 Å². The number of ether oxygens (including phenoxy) is 1. The van der Waals surface area contributed by atoms with Gasteiger partial charge in [-0.3, -0.25) is 4.79 Å². The first kappa shape index (κ1) is 12.2. The number of carbonyl (C=O) groups is 2. The van der Waals surface area contributed by atoms with Gasteiger partial charge in [-0.15, -0.1) is 0 Å². The first-order valence-corrected chi connectivity index (χ1v) is 5.55. The van der Waals surface area contributed by atoms with Crippen molar-refractivity contribution in [2.75, 3.05) is 11.9 Å². The summed E-state index contributed by atoms with van der Waals surface area (Å²) in [6.07, 6.45) is 0.487. The summed E-state index contributed by atoms with van der Waals surface area (Å²) in [4.78, 5) is 21.5. The fourth-order valence-electron chi connectivity index (χ4n) is 1.87. The van der Waals surface area contributed by atoms with Crippen LogP contribution in [0.25, 0.3) is 0 Å². The van der Waals surface area contributed by atoms with Crippen LogP contribution in [0.5, 0.6) is 5.75 Å². The quantitative estimate of drug-likeness (QED) is 0.749. The number of nitrogens with one attached hydrogen (secondary N) is 1. The third-order valence-electron chi connectivity index (χ3n) is 2.74. The number of anilines is 1. The van der Waals surface area contributed by atoms with Gasteiger partial charge >= 0.3 is 11.9 Å². The Balaban J connectivity index is 2.13. The predicted octanol–water partition coefficient (Wildman–Crippen LogP) is 1.42. The minimum absolute atomic E-state index is 0.0506. The number of rotatable bonds is 4.